The zero-order valence-electron chi connectivity index (χ0n) is 10.9. The molecule has 0 radical (unpaired) electrons. The van der Waals surface area contributed by atoms with Crippen molar-refractivity contribution in [2.24, 2.45) is 5.92 Å². The Morgan fingerprint density at radius 2 is 2.16 bits per heavy atom. The highest BCUT2D eigenvalue weighted by Crippen LogP contribution is 2.28. The number of nitrogens with one attached hydrogen (secondary N) is 2. The number of amides is 1. The molecule has 1 aliphatic carbocycles. The number of carbonyl (C=O) groups excluding carboxylic acids is 1. The van der Waals surface area contributed by atoms with Gasteiger partial charge in [0.25, 0.3) is 0 Å². The Labute approximate surface area is 116 Å². The highest BCUT2D eigenvalue weighted by Gasteiger charge is 2.28. The summed E-state index contributed by atoms with van der Waals surface area (Å²) >= 11 is 1.29. The molecular weight excluding hydrogens is 264 g/mol. The molecule has 0 aliphatic heterocycles. The Balaban J connectivity index is 1.67. The molecule has 0 atom stereocenters. The molecule has 5 nitrogen and oxygen atoms in total. The molecule has 6 heteroatoms. The lowest BCUT2D eigenvalue weighted by molar-refractivity contribution is -0.122. The van der Waals surface area contributed by atoms with E-state index < -0.39 is 5.97 Å². The van der Waals surface area contributed by atoms with E-state index >= 15 is 0 Å². The van der Waals surface area contributed by atoms with Crippen molar-refractivity contribution in [3.8, 4) is 0 Å². The summed E-state index contributed by atoms with van der Waals surface area (Å²) in [6.07, 6.45) is 2.04. The van der Waals surface area contributed by atoms with Gasteiger partial charge in [-0.25, -0.2) is 4.79 Å². The molecular formula is C13H18N2O3S. The van der Waals surface area contributed by atoms with Crippen LogP contribution >= 0.6 is 11.3 Å². The maximum atomic E-state index is 11.4. The van der Waals surface area contributed by atoms with Crippen molar-refractivity contribution in [1.29, 1.82) is 0 Å². The Kier molecular flexibility index (Phi) is 4.55. The van der Waals surface area contributed by atoms with Crippen molar-refractivity contribution in [2.45, 2.75) is 26.3 Å². The predicted octanol–water partition coefficient (Wildman–Crippen LogP) is 1.37. The van der Waals surface area contributed by atoms with Crippen molar-refractivity contribution < 1.29 is 14.7 Å². The van der Waals surface area contributed by atoms with Crippen LogP contribution in [0.5, 0.6) is 0 Å². The third kappa shape index (κ3) is 4.04. The summed E-state index contributed by atoms with van der Waals surface area (Å²) in [5.41, 5.74) is 1.01. The normalized spacial score (nSPS) is 14.4. The van der Waals surface area contributed by atoms with Crippen LogP contribution in [0, 0.1) is 12.8 Å². The fraction of sp³-hybridized carbons (Fsp3) is 0.538. The molecule has 3 N–H and O–H groups in total. The zero-order chi connectivity index (χ0) is 13.8. The van der Waals surface area contributed by atoms with Crippen LogP contribution in [-0.2, 0) is 11.3 Å². The van der Waals surface area contributed by atoms with Gasteiger partial charge in [0.15, 0.2) is 0 Å². The van der Waals surface area contributed by atoms with E-state index in [4.69, 9.17) is 5.11 Å². The van der Waals surface area contributed by atoms with Gasteiger partial charge in [0.1, 0.15) is 4.88 Å². The second-order valence-electron chi connectivity index (χ2n) is 4.74. The van der Waals surface area contributed by atoms with Gasteiger partial charge in [0.2, 0.25) is 5.91 Å². The SMILES string of the molecule is Cc1sc(C(=O)O)cc1CNCCNC(=O)C1CC1. The lowest BCUT2D eigenvalue weighted by atomic mass is 10.2. The van der Waals surface area contributed by atoms with Crippen LogP contribution in [0.25, 0.3) is 0 Å². The first kappa shape index (κ1) is 14.0. The summed E-state index contributed by atoms with van der Waals surface area (Å²) in [5.74, 6) is -0.477. The zero-order valence-corrected chi connectivity index (χ0v) is 11.7. The topological polar surface area (TPSA) is 78.4 Å². The maximum Gasteiger partial charge on any atom is 0.345 e. The predicted molar refractivity (Wildman–Crippen MR) is 73.5 cm³/mol. The minimum absolute atomic E-state index is 0.154. The standard InChI is InChI=1S/C13H18N2O3S/c1-8-10(6-11(19-8)13(17)18)7-14-4-5-15-12(16)9-2-3-9/h6,9,14H,2-5,7H2,1H3,(H,15,16)(H,17,18). The molecule has 0 aromatic carbocycles. The van der Waals surface area contributed by atoms with E-state index in [1.54, 1.807) is 6.07 Å². The van der Waals surface area contributed by atoms with Gasteiger partial charge in [-0.1, -0.05) is 0 Å². The molecule has 1 amide bonds. The van der Waals surface area contributed by atoms with Gasteiger partial charge >= 0.3 is 5.97 Å². The highest BCUT2D eigenvalue weighted by molar-refractivity contribution is 7.14. The van der Waals surface area contributed by atoms with E-state index in [2.05, 4.69) is 10.6 Å². The van der Waals surface area contributed by atoms with Gasteiger partial charge < -0.3 is 15.7 Å². The lowest BCUT2D eigenvalue weighted by Gasteiger charge is -2.06. The van der Waals surface area contributed by atoms with E-state index in [0.29, 0.717) is 24.5 Å². The molecule has 104 valence electrons. The van der Waals surface area contributed by atoms with E-state index in [-0.39, 0.29) is 11.8 Å². The molecule has 1 saturated carbocycles. The lowest BCUT2D eigenvalue weighted by Crippen LogP contribution is -2.32. The van der Waals surface area contributed by atoms with Crippen LogP contribution in [0.1, 0.15) is 33.0 Å². The third-order valence-corrected chi connectivity index (χ3v) is 4.18. The molecule has 1 aliphatic rings. The Bertz CT molecular complexity index is 480. The molecule has 19 heavy (non-hydrogen) atoms. The highest BCUT2D eigenvalue weighted by atomic mass is 32.1. The Hall–Kier alpha value is -1.40. The molecule has 1 heterocycles. The summed E-state index contributed by atoms with van der Waals surface area (Å²) < 4.78 is 0. The first-order valence-electron chi connectivity index (χ1n) is 6.39. The molecule has 1 aromatic heterocycles. The quantitative estimate of drug-likeness (QED) is 0.660. The fourth-order valence-electron chi connectivity index (χ4n) is 1.79. The minimum Gasteiger partial charge on any atom is -0.477 e. The van der Waals surface area contributed by atoms with Gasteiger partial charge in [-0.15, -0.1) is 11.3 Å². The van der Waals surface area contributed by atoms with E-state index in [9.17, 15) is 9.59 Å². The first-order valence-corrected chi connectivity index (χ1v) is 7.20. The van der Waals surface area contributed by atoms with E-state index in [1.807, 2.05) is 6.92 Å². The van der Waals surface area contributed by atoms with Crippen molar-refractivity contribution >= 4 is 23.2 Å². The van der Waals surface area contributed by atoms with Crippen molar-refractivity contribution in [2.75, 3.05) is 13.1 Å². The second-order valence-corrected chi connectivity index (χ2v) is 6.00. The van der Waals surface area contributed by atoms with Crippen LogP contribution in [-0.4, -0.2) is 30.1 Å². The minimum atomic E-state index is -0.879. The van der Waals surface area contributed by atoms with Crippen LogP contribution in [0.4, 0.5) is 0 Å². The average Bonchev–Trinajstić information content (AvgIpc) is 3.14. The molecule has 2 rings (SSSR count). The van der Waals surface area contributed by atoms with Gasteiger partial charge in [0, 0.05) is 30.4 Å². The van der Waals surface area contributed by atoms with Crippen molar-refractivity contribution in [3.63, 3.8) is 0 Å². The molecule has 1 fully saturated rings. The van der Waals surface area contributed by atoms with Gasteiger partial charge in [-0.05, 0) is 31.4 Å². The van der Waals surface area contributed by atoms with Crippen LogP contribution in [0.3, 0.4) is 0 Å². The van der Waals surface area contributed by atoms with Gasteiger partial charge in [-0.3, -0.25) is 4.79 Å². The first-order chi connectivity index (χ1) is 9.08. The molecule has 0 spiro atoms. The maximum absolute atomic E-state index is 11.4. The van der Waals surface area contributed by atoms with Crippen LogP contribution in [0.2, 0.25) is 0 Å². The number of aromatic carboxylic acids is 1. The Morgan fingerprint density at radius 3 is 2.74 bits per heavy atom. The number of hydrogen-bond acceptors (Lipinski definition) is 4. The van der Waals surface area contributed by atoms with E-state index in [0.717, 1.165) is 23.3 Å². The van der Waals surface area contributed by atoms with Crippen LogP contribution in [0.15, 0.2) is 6.07 Å². The third-order valence-electron chi connectivity index (χ3n) is 3.10. The number of rotatable bonds is 7. The number of aryl methyl sites for hydroxylation is 1. The summed E-state index contributed by atoms with van der Waals surface area (Å²) in [6, 6.07) is 1.71. The van der Waals surface area contributed by atoms with Crippen molar-refractivity contribution in [1.82, 2.24) is 10.6 Å². The smallest absolute Gasteiger partial charge is 0.345 e. The van der Waals surface area contributed by atoms with Crippen molar-refractivity contribution in [3.05, 3.63) is 21.4 Å². The molecule has 0 unspecified atom stereocenters. The number of carboxylic acid groups (broad SMARTS) is 1. The largest absolute Gasteiger partial charge is 0.477 e. The van der Waals surface area contributed by atoms with Gasteiger partial charge in [0.05, 0.1) is 0 Å². The van der Waals surface area contributed by atoms with E-state index in [1.165, 1.54) is 11.3 Å². The van der Waals surface area contributed by atoms with Crippen LogP contribution < -0.4 is 10.6 Å². The fourth-order valence-corrected chi connectivity index (χ4v) is 2.67. The molecule has 0 saturated heterocycles. The number of hydrogen-bond donors (Lipinski definition) is 3. The second kappa shape index (κ2) is 6.16. The molecule has 1 aromatic rings. The summed E-state index contributed by atoms with van der Waals surface area (Å²) in [6.45, 7) is 3.86. The summed E-state index contributed by atoms with van der Waals surface area (Å²) in [5, 5.41) is 15.0. The monoisotopic (exact) mass is 282 g/mol. The van der Waals surface area contributed by atoms with Gasteiger partial charge in [-0.2, -0.15) is 0 Å². The number of thiophene rings is 1. The number of carboxylic acids is 1. The molecule has 0 bridgehead atoms. The number of carbonyl (C=O) groups is 2. The Morgan fingerprint density at radius 1 is 1.42 bits per heavy atom. The summed E-state index contributed by atoms with van der Waals surface area (Å²) in [4.78, 5) is 23.6. The summed E-state index contributed by atoms with van der Waals surface area (Å²) in [7, 11) is 0. The average molecular weight is 282 g/mol.